The van der Waals surface area contributed by atoms with Gasteiger partial charge in [-0.25, -0.2) is 14.4 Å². The van der Waals surface area contributed by atoms with Crippen LogP contribution < -0.4 is 0 Å². The van der Waals surface area contributed by atoms with E-state index in [4.69, 9.17) is 70.4 Å². The number of aliphatic hydroxyl groups excluding tert-OH is 14. The first-order valence-electron chi connectivity index (χ1n) is 17.8. The number of carbonyl (C=O) groups excluding carboxylic acids is 2. The first kappa shape index (κ1) is 61.0. The summed E-state index contributed by atoms with van der Waals surface area (Å²) in [5.41, 5.74) is 0. The summed E-state index contributed by atoms with van der Waals surface area (Å²) >= 11 is 0. The molecule has 0 aliphatic carbocycles. The van der Waals surface area contributed by atoms with Crippen LogP contribution in [-0.2, 0) is 38.2 Å². The van der Waals surface area contributed by atoms with Crippen molar-refractivity contribution in [1.29, 1.82) is 0 Å². The SMILES string of the molecule is C.CC(=O)C(O)C(O)C(=O)O.CC(=O)C(O)C(O)C(O)C(O)C(=O)O.CC1=CC(O)C(O)C(C)O1.CC1OC(C(=O)O)C(O)C(O)C1O.CCC1OC(C)C(O)C(O)C1O. The van der Waals surface area contributed by atoms with Gasteiger partial charge in [0.2, 0.25) is 0 Å². The maximum absolute atomic E-state index is 10.5. The van der Waals surface area contributed by atoms with Crippen LogP contribution in [-0.4, -0.2) is 232 Å². The van der Waals surface area contributed by atoms with Crippen molar-refractivity contribution in [3.05, 3.63) is 11.8 Å². The third-order valence-electron chi connectivity index (χ3n) is 8.69. The van der Waals surface area contributed by atoms with Gasteiger partial charge in [-0.2, -0.15) is 0 Å². The maximum atomic E-state index is 10.5. The highest BCUT2D eigenvalue weighted by Gasteiger charge is 2.45. The highest BCUT2D eigenvalue weighted by molar-refractivity contribution is 5.87. The third kappa shape index (κ3) is 19.1. The Bertz CT molecular complexity index is 1300. The molecular formula is C35H64O25. The van der Waals surface area contributed by atoms with Gasteiger partial charge in [0.05, 0.1) is 24.1 Å². The summed E-state index contributed by atoms with van der Waals surface area (Å²) in [4.78, 5) is 51.3. The lowest BCUT2D eigenvalue weighted by Crippen LogP contribution is -2.58. The van der Waals surface area contributed by atoms with E-state index in [9.17, 15) is 54.6 Å². The van der Waals surface area contributed by atoms with Gasteiger partial charge in [-0.05, 0) is 54.0 Å². The van der Waals surface area contributed by atoms with Crippen LogP contribution in [0, 0.1) is 0 Å². The summed E-state index contributed by atoms with van der Waals surface area (Å²) in [5.74, 6) is -5.66. The highest BCUT2D eigenvalue weighted by atomic mass is 16.6. The van der Waals surface area contributed by atoms with Crippen molar-refractivity contribution in [2.75, 3.05) is 0 Å². The van der Waals surface area contributed by atoms with Crippen LogP contribution in [0.25, 0.3) is 0 Å². The number of carbonyl (C=O) groups is 5. The molecule has 25 nitrogen and oxygen atoms in total. The largest absolute Gasteiger partial charge is 0.493 e. The van der Waals surface area contributed by atoms with Gasteiger partial charge in [-0.3, -0.25) is 9.59 Å². The summed E-state index contributed by atoms with van der Waals surface area (Å²) in [7, 11) is 0. The zero-order chi connectivity index (χ0) is 47.0. The van der Waals surface area contributed by atoms with E-state index in [1.807, 2.05) is 6.92 Å². The second-order valence-corrected chi connectivity index (χ2v) is 13.6. The highest BCUT2D eigenvalue weighted by Crippen LogP contribution is 2.23. The number of carboxylic acids is 3. The molecule has 0 saturated carbocycles. The predicted molar refractivity (Wildman–Crippen MR) is 198 cm³/mol. The normalized spacial score (nSPS) is 33.8. The van der Waals surface area contributed by atoms with Gasteiger partial charge in [0.1, 0.15) is 79.4 Å². The minimum absolute atomic E-state index is 0. The average Bonchev–Trinajstić information content (AvgIpc) is 3.16. The minimum atomic E-state index is -2.25. The number of ether oxygens (including phenoxy) is 3. The predicted octanol–water partition coefficient (Wildman–Crippen LogP) is -6.64. The van der Waals surface area contributed by atoms with Crippen LogP contribution in [0.2, 0.25) is 0 Å². The van der Waals surface area contributed by atoms with Crippen molar-refractivity contribution in [3.63, 3.8) is 0 Å². The van der Waals surface area contributed by atoms with Gasteiger partial charge in [0.25, 0.3) is 0 Å². The summed E-state index contributed by atoms with van der Waals surface area (Å²) < 4.78 is 15.2. The monoisotopic (exact) mass is 884 g/mol. The molecule has 0 aromatic heterocycles. The Labute approximate surface area is 344 Å². The van der Waals surface area contributed by atoms with Gasteiger partial charge >= 0.3 is 17.9 Å². The van der Waals surface area contributed by atoms with Crippen molar-refractivity contribution in [2.24, 2.45) is 0 Å². The van der Waals surface area contributed by atoms with E-state index in [1.165, 1.54) is 13.0 Å². The Morgan fingerprint density at radius 3 is 1.32 bits per heavy atom. The lowest BCUT2D eigenvalue weighted by Gasteiger charge is -2.39. The average molecular weight is 885 g/mol. The number of carboxylic acid groups (broad SMARTS) is 3. The molecule has 3 aliphatic heterocycles. The quantitative estimate of drug-likeness (QED) is 0.0969. The van der Waals surface area contributed by atoms with Gasteiger partial charge in [0, 0.05) is 0 Å². The molecule has 0 aromatic carbocycles. The number of aliphatic hydroxyl groups is 14. The minimum Gasteiger partial charge on any atom is -0.493 e. The van der Waals surface area contributed by atoms with Crippen molar-refractivity contribution in [3.8, 4) is 0 Å². The standard InChI is InChI=1S/C8H16O4.C7H12O7.C7H12O6.C7H12O3.C5H8O5.CH4/c1-3-5-7(10)8(11)6(9)4(2)12-5;1-2(8)3(9)4(10)5(11)6(12)7(13)14;1-2-3(8)4(9)5(10)6(13-2)7(11)12;1-4-3-6(8)7(9)5(2)10-4;1-2(6)3(7)4(8)5(9)10;/h4-11H,3H2,1-2H3;3-6,9-12H,1H3,(H,13,14);2-6,8-10H,1H3,(H,11,12);3,5-9H,1-2H3;3-4,7-8H,1H3,(H,9,10);1H4. The molecular weight excluding hydrogens is 820 g/mol. The molecule has 60 heavy (non-hydrogen) atoms. The van der Waals surface area contributed by atoms with Gasteiger partial charge < -0.3 is 101 Å². The van der Waals surface area contributed by atoms with Crippen molar-refractivity contribution >= 4 is 29.5 Å². The molecule has 2 fully saturated rings. The lowest BCUT2D eigenvalue weighted by molar-refractivity contribution is -0.223. The van der Waals surface area contributed by atoms with Crippen LogP contribution in [0.1, 0.15) is 62.3 Å². The van der Waals surface area contributed by atoms with Crippen LogP contribution in [0.5, 0.6) is 0 Å². The Kier molecular flexibility index (Phi) is 28.7. The van der Waals surface area contributed by atoms with E-state index in [0.717, 1.165) is 13.8 Å². The topological polar surface area (TPSA) is 457 Å². The number of ketones is 2. The van der Waals surface area contributed by atoms with Crippen molar-refractivity contribution < 1.29 is 125 Å². The summed E-state index contributed by atoms with van der Waals surface area (Å²) in [6.45, 7) is 10.4. The number of hydrogen-bond donors (Lipinski definition) is 17. The van der Waals surface area contributed by atoms with E-state index in [2.05, 4.69) is 0 Å². The Morgan fingerprint density at radius 2 is 0.967 bits per heavy atom. The molecule has 19 unspecified atom stereocenters. The van der Waals surface area contributed by atoms with Crippen molar-refractivity contribution in [1.82, 2.24) is 0 Å². The van der Waals surface area contributed by atoms with Crippen LogP contribution in [0.3, 0.4) is 0 Å². The molecule has 3 rings (SSSR count). The molecule has 17 N–H and O–H groups in total. The fourth-order valence-corrected chi connectivity index (χ4v) is 4.87. The molecule has 0 spiro atoms. The molecule has 354 valence electrons. The molecule has 0 amide bonds. The summed E-state index contributed by atoms with van der Waals surface area (Å²) in [6, 6.07) is 0. The van der Waals surface area contributed by atoms with E-state index >= 15 is 0 Å². The zero-order valence-electron chi connectivity index (χ0n) is 33.1. The molecule has 3 aliphatic rings. The number of aliphatic carboxylic acids is 3. The molecule has 2 saturated heterocycles. The lowest BCUT2D eigenvalue weighted by atomic mass is 9.94. The third-order valence-corrected chi connectivity index (χ3v) is 8.69. The first-order valence-corrected chi connectivity index (χ1v) is 17.8. The van der Waals surface area contributed by atoms with Gasteiger partial charge in [-0.1, -0.05) is 14.4 Å². The number of Topliss-reactive ketones (excluding diaryl/α,β-unsaturated/α-hetero) is 2. The molecule has 0 aromatic rings. The smallest absolute Gasteiger partial charge is 0.335 e. The van der Waals surface area contributed by atoms with Gasteiger partial charge in [0.15, 0.2) is 29.9 Å². The number of rotatable bonds is 10. The Morgan fingerprint density at radius 1 is 0.567 bits per heavy atom. The molecule has 0 radical (unpaired) electrons. The van der Waals surface area contributed by atoms with Crippen LogP contribution in [0.4, 0.5) is 0 Å². The van der Waals surface area contributed by atoms with Crippen molar-refractivity contribution in [2.45, 2.75) is 178 Å². The fraction of sp³-hybridized carbons (Fsp3) is 0.800. The Balaban J connectivity index is -0.000000678. The van der Waals surface area contributed by atoms with E-state index in [1.54, 1.807) is 20.8 Å². The summed E-state index contributed by atoms with van der Waals surface area (Å²) in [5, 5.41) is 151. The van der Waals surface area contributed by atoms with E-state index in [-0.39, 0.29) is 19.6 Å². The molecule has 0 bridgehead atoms. The van der Waals surface area contributed by atoms with E-state index in [0.29, 0.717) is 12.2 Å². The maximum Gasteiger partial charge on any atom is 0.335 e. The first-order chi connectivity index (χ1) is 26.9. The van der Waals surface area contributed by atoms with Crippen LogP contribution >= 0.6 is 0 Å². The number of hydrogen-bond acceptors (Lipinski definition) is 22. The van der Waals surface area contributed by atoms with Crippen LogP contribution in [0.15, 0.2) is 11.8 Å². The summed E-state index contributed by atoms with van der Waals surface area (Å²) in [6.07, 6.45) is -22.3. The van der Waals surface area contributed by atoms with E-state index < -0.39 is 133 Å². The molecule has 19 atom stereocenters. The molecule has 25 heteroatoms. The Hall–Kier alpha value is -3.35. The second kappa shape index (κ2) is 28.3. The second-order valence-electron chi connectivity index (χ2n) is 13.6. The van der Waals surface area contributed by atoms with Gasteiger partial charge in [-0.15, -0.1) is 0 Å². The number of allylic oxidation sites excluding steroid dienone is 1. The fourth-order valence-electron chi connectivity index (χ4n) is 4.87. The molecule has 3 heterocycles. The zero-order valence-corrected chi connectivity index (χ0v) is 33.1.